The second-order valence-electron chi connectivity index (χ2n) is 4.75. The van der Waals surface area contributed by atoms with Crippen molar-refractivity contribution in [2.24, 2.45) is 5.10 Å². The fraction of sp³-hybridized carbons (Fsp3) is 0.118. The average Bonchev–Trinajstić information content (AvgIpc) is 2.49. The Labute approximate surface area is 128 Å². The number of carbonyl (C=O) groups is 2. The van der Waals surface area contributed by atoms with Gasteiger partial charge in [-0.3, -0.25) is 4.79 Å². The fourth-order valence-electron chi connectivity index (χ4n) is 1.68. The molecule has 2 aromatic rings. The van der Waals surface area contributed by atoms with Gasteiger partial charge in [-0.2, -0.15) is 5.10 Å². The molecule has 0 saturated heterocycles. The van der Waals surface area contributed by atoms with Crippen molar-refractivity contribution in [1.29, 1.82) is 0 Å². The van der Waals surface area contributed by atoms with Crippen LogP contribution >= 0.6 is 0 Å². The molecule has 0 aliphatic carbocycles. The topological polar surface area (TPSA) is 67.8 Å². The molecule has 0 heterocycles. The second kappa shape index (κ2) is 7.17. The van der Waals surface area contributed by atoms with E-state index in [0.29, 0.717) is 11.3 Å². The first-order valence-corrected chi connectivity index (χ1v) is 6.73. The zero-order valence-corrected chi connectivity index (χ0v) is 12.4. The first kappa shape index (κ1) is 15.4. The Hall–Kier alpha value is -2.95. The summed E-state index contributed by atoms with van der Waals surface area (Å²) in [5.74, 6) is -0.193. The Morgan fingerprint density at radius 3 is 2.27 bits per heavy atom. The van der Waals surface area contributed by atoms with Gasteiger partial charge in [-0.15, -0.1) is 0 Å². The van der Waals surface area contributed by atoms with Crippen LogP contribution in [0.2, 0.25) is 0 Å². The molecule has 0 spiro atoms. The zero-order chi connectivity index (χ0) is 15.9. The molecule has 2 aromatic carbocycles. The summed E-state index contributed by atoms with van der Waals surface area (Å²) < 4.78 is 5.28. The van der Waals surface area contributed by atoms with Crippen LogP contribution in [0.5, 0.6) is 5.75 Å². The maximum atomic E-state index is 12.0. The number of hydrogen-bond acceptors (Lipinski definition) is 4. The Morgan fingerprint density at radius 2 is 1.68 bits per heavy atom. The molecule has 0 fully saturated rings. The Bertz CT molecular complexity index is 689. The van der Waals surface area contributed by atoms with Crippen molar-refractivity contribution >= 4 is 18.1 Å². The van der Waals surface area contributed by atoms with E-state index in [2.05, 4.69) is 10.5 Å². The minimum atomic E-state index is -0.403. The Morgan fingerprint density at radius 1 is 1.05 bits per heavy atom. The van der Waals surface area contributed by atoms with Gasteiger partial charge in [0.1, 0.15) is 5.75 Å². The maximum Gasteiger partial charge on any atom is 0.343 e. The summed E-state index contributed by atoms with van der Waals surface area (Å²) >= 11 is 0. The van der Waals surface area contributed by atoms with Gasteiger partial charge in [0, 0.05) is 6.92 Å². The first-order chi connectivity index (χ1) is 10.5. The van der Waals surface area contributed by atoms with Crippen LogP contribution in [0.25, 0.3) is 0 Å². The summed E-state index contributed by atoms with van der Waals surface area (Å²) in [4.78, 5) is 22.6. The molecule has 0 aliphatic rings. The maximum absolute atomic E-state index is 12.0. The van der Waals surface area contributed by atoms with Crippen LogP contribution in [0, 0.1) is 6.92 Å². The molecular weight excluding hydrogens is 280 g/mol. The highest BCUT2D eigenvalue weighted by Crippen LogP contribution is 2.14. The minimum Gasteiger partial charge on any atom is -0.423 e. The van der Waals surface area contributed by atoms with Crippen molar-refractivity contribution < 1.29 is 14.3 Å². The molecule has 22 heavy (non-hydrogen) atoms. The molecule has 0 aliphatic heterocycles. The molecule has 0 unspecified atom stereocenters. The second-order valence-corrected chi connectivity index (χ2v) is 4.75. The molecule has 0 aromatic heterocycles. The summed E-state index contributed by atoms with van der Waals surface area (Å²) in [6, 6.07) is 14.0. The number of hydrazone groups is 1. The highest BCUT2D eigenvalue weighted by Gasteiger charge is 2.07. The predicted molar refractivity (Wildman–Crippen MR) is 84.0 cm³/mol. The lowest BCUT2D eigenvalue weighted by molar-refractivity contribution is -0.118. The van der Waals surface area contributed by atoms with Crippen LogP contribution in [0.3, 0.4) is 0 Å². The van der Waals surface area contributed by atoms with E-state index in [4.69, 9.17) is 4.74 Å². The van der Waals surface area contributed by atoms with Gasteiger partial charge in [0.2, 0.25) is 5.91 Å². The van der Waals surface area contributed by atoms with Crippen molar-refractivity contribution in [2.45, 2.75) is 13.8 Å². The third-order valence-corrected chi connectivity index (χ3v) is 2.81. The zero-order valence-electron chi connectivity index (χ0n) is 12.4. The number of nitrogens with zero attached hydrogens (tertiary/aromatic N) is 1. The number of carbonyl (C=O) groups excluding carboxylic acids is 2. The number of hydrogen-bond donors (Lipinski definition) is 1. The molecule has 0 saturated carbocycles. The van der Waals surface area contributed by atoms with Gasteiger partial charge in [0.25, 0.3) is 0 Å². The quantitative estimate of drug-likeness (QED) is 0.408. The van der Waals surface area contributed by atoms with Crippen LogP contribution in [0.15, 0.2) is 53.6 Å². The number of esters is 1. The van der Waals surface area contributed by atoms with Gasteiger partial charge in [-0.05, 0) is 48.9 Å². The van der Waals surface area contributed by atoms with Crippen molar-refractivity contribution in [3.8, 4) is 5.75 Å². The predicted octanol–water partition coefficient (Wildman–Crippen LogP) is 2.68. The van der Waals surface area contributed by atoms with Crippen LogP contribution in [-0.2, 0) is 4.79 Å². The van der Waals surface area contributed by atoms with E-state index in [-0.39, 0.29) is 5.91 Å². The van der Waals surface area contributed by atoms with Gasteiger partial charge < -0.3 is 4.74 Å². The molecule has 5 heteroatoms. The van der Waals surface area contributed by atoms with E-state index in [9.17, 15) is 9.59 Å². The van der Waals surface area contributed by atoms with Crippen LogP contribution < -0.4 is 10.2 Å². The van der Waals surface area contributed by atoms with Gasteiger partial charge in [-0.25, -0.2) is 10.2 Å². The summed E-state index contributed by atoms with van der Waals surface area (Å²) in [6.45, 7) is 3.33. The normalized spacial score (nSPS) is 10.5. The SMILES string of the molecule is CC(=O)N/N=C\c1ccc(OC(=O)c2ccc(C)cc2)cc1. The molecule has 0 radical (unpaired) electrons. The average molecular weight is 296 g/mol. The minimum absolute atomic E-state index is 0.236. The summed E-state index contributed by atoms with van der Waals surface area (Å²) in [7, 11) is 0. The molecule has 112 valence electrons. The molecule has 2 rings (SSSR count). The number of aryl methyl sites for hydroxylation is 1. The number of benzene rings is 2. The van der Waals surface area contributed by atoms with Crippen molar-refractivity contribution in [2.75, 3.05) is 0 Å². The third kappa shape index (κ3) is 4.56. The number of ether oxygens (including phenoxy) is 1. The summed E-state index contributed by atoms with van der Waals surface area (Å²) in [5, 5.41) is 3.76. The molecular formula is C17H16N2O3. The largest absolute Gasteiger partial charge is 0.423 e. The lowest BCUT2D eigenvalue weighted by Gasteiger charge is -2.05. The molecule has 5 nitrogen and oxygen atoms in total. The van der Waals surface area contributed by atoms with Gasteiger partial charge >= 0.3 is 5.97 Å². The summed E-state index contributed by atoms with van der Waals surface area (Å²) in [6.07, 6.45) is 1.51. The van der Waals surface area contributed by atoms with Gasteiger partial charge in [0.05, 0.1) is 11.8 Å². The van der Waals surface area contributed by atoms with Crippen molar-refractivity contribution in [3.63, 3.8) is 0 Å². The fourth-order valence-corrected chi connectivity index (χ4v) is 1.68. The first-order valence-electron chi connectivity index (χ1n) is 6.73. The summed E-state index contributed by atoms with van der Waals surface area (Å²) in [5.41, 5.74) is 4.68. The Kier molecular flexibility index (Phi) is 5.03. The van der Waals surface area contributed by atoms with E-state index >= 15 is 0 Å². The molecule has 1 N–H and O–H groups in total. The Balaban J connectivity index is 1.98. The van der Waals surface area contributed by atoms with E-state index < -0.39 is 5.97 Å². The van der Waals surface area contributed by atoms with Gasteiger partial charge in [0.15, 0.2) is 0 Å². The molecule has 0 atom stereocenters. The number of amides is 1. The lowest BCUT2D eigenvalue weighted by Crippen LogP contribution is -2.12. The van der Waals surface area contributed by atoms with Crippen molar-refractivity contribution in [3.05, 3.63) is 65.2 Å². The van der Waals surface area contributed by atoms with Crippen LogP contribution in [-0.4, -0.2) is 18.1 Å². The van der Waals surface area contributed by atoms with E-state index in [1.54, 1.807) is 36.4 Å². The van der Waals surface area contributed by atoms with Gasteiger partial charge in [-0.1, -0.05) is 17.7 Å². The third-order valence-electron chi connectivity index (χ3n) is 2.81. The highest BCUT2D eigenvalue weighted by molar-refractivity contribution is 5.91. The van der Waals surface area contributed by atoms with E-state index in [1.165, 1.54) is 13.1 Å². The molecule has 0 bridgehead atoms. The number of rotatable bonds is 4. The molecule has 1 amide bonds. The number of nitrogens with one attached hydrogen (secondary N) is 1. The lowest BCUT2D eigenvalue weighted by atomic mass is 10.1. The smallest absolute Gasteiger partial charge is 0.343 e. The monoisotopic (exact) mass is 296 g/mol. The van der Waals surface area contributed by atoms with Crippen LogP contribution in [0.1, 0.15) is 28.4 Å². The van der Waals surface area contributed by atoms with Crippen LogP contribution in [0.4, 0.5) is 0 Å². The van der Waals surface area contributed by atoms with E-state index in [0.717, 1.165) is 11.1 Å². The van der Waals surface area contributed by atoms with E-state index in [1.807, 2.05) is 19.1 Å². The highest BCUT2D eigenvalue weighted by atomic mass is 16.5. The standard InChI is InChI=1S/C17H16N2O3/c1-12-3-7-15(8-4-12)17(21)22-16-9-5-14(6-10-16)11-18-19-13(2)20/h3-11H,1-2H3,(H,19,20)/b18-11-. The van der Waals surface area contributed by atoms with Crippen molar-refractivity contribution in [1.82, 2.24) is 5.43 Å².